The summed E-state index contributed by atoms with van der Waals surface area (Å²) in [5.41, 5.74) is 1.09. The van der Waals surface area contributed by atoms with Gasteiger partial charge >= 0.3 is 0 Å². The summed E-state index contributed by atoms with van der Waals surface area (Å²) < 4.78 is 42.7. The Bertz CT molecular complexity index is 826. The van der Waals surface area contributed by atoms with Crippen LogP contribution < -0.4 is 0 Å². The van der Waals surface area contributed by atoms with Crippen LogP contribution in [0.1, 0.15) is 10.4 Å². The monoisotopic (exact) mass is 318 g/mol. The van der Waals surface area contributed by atoms with Crippen LogP contribution in [0.25, 0.3) is 21.6 Å². The second-order valence-corrected chi connectivity index (χ2v) is 6.50. The van der Waals surface area contributed by atoms with Crippen molar-refractivity contribution in [2.75, 3.05) is 0 Å². The van der Waals surface area contributed by atoms with Gasteiger partial charge in [0, 0.05) is 15.3 Å². The molecule has 3 aromatic rings. The first-order chi connectivity index (χ1) is 10.5. The van der Waals surface area contributed by atoms with Crippen LogP contribution in [0.3, 0.4) is 0 Å². The number of benzene rings is 2. The van der Waals surface area contributed by atoms with Crippen molar-refractivity contribution < 1.29 is 13.2 Å². The summed E-state index contributed by atoms with van der Waals surface area (Å²) >= 11 is 1.32. The summed E-state index contributed by atoms with van der Waals surface area (Å²) in [5, 5.41) is 0. The molecule has 3 rings (SSSR count). The molecule has 0 spiro atoms. The van der Waals surface area contributed by atoms with Crippen LogP contribution in [-0.4, -0.2) is 0 Å². The van der Waals surface area contributed by atoms with Crippen LogP contribution in [0.4, 0.5) is 13.2 Å². The predicted octanol–water partition coefficient (Wildman–Crippen LogP) is 6.12. The first kappa shape index (κ1) is 14.9. The molecular formula is C18H13F3S. The van der Waals surface area contributed by atoms with Gasteiger partial charge in [-0.3, -0.25) is 0 Å². The van der Waals surface area contributed by atoms with Gasteiger partial charge in [0.2, 0.25) is 0 Å². The van der Waals surface area contributed by atoms with Gasteiger partial charge in [0.25, 0.3) is 0 Å². The summed E-state index contributed by atoms with van der Waals surface area (Å²) in [7, 11) is 0. The lowest BCUT2D eigenvalue weighted by atomic mass is 10.0. The zero-order chi connectivity index (χ0) is 15.9. The number of hydrogen-bond acceptors (Lipinski definition) is 1. The Hall–Kier alpha value is -2.07. The number of rotatable bonds is 2. The summed E-state index contributed by atoms with van der Waals surface area (Å²) in [4.78, 5) is 1.51. The Morgan fingerprint density at radius 1 is 0.773 bits per heavy atom. The molecule has 0 aliphatic carbocycles. The minimum absolute atomic E-state index is 0.0608. The highest BCUT2D eigenvalue weighted by atomic mass is 32.1. The molecular weight excluding hydrogens is 305 g/mol. The van der Waals surface area contributed by atoms with E-state index in [0.717, 1.165) is 10.4 Å². The van der Waals surface area contributed by atoms with E-state index in [1.165, 1.54) is 35.6 Å². The maximum Gasteiger partial charge on any atom is 0.135 e. The molecule has 0 unspecified atom stereocenters. The molecule has 0 atom stereocenters. The van der Waals surface area contributed by atoms with E-state index < -0.39 is 17.5 Å². The first-order valence-corrected chi connectivity index (χ1v) is 7.60. The Kier molecular flexibility index (Phi) is 3.79. The van der Waals surface area contributed by atoms with Gasteiger partial charge in [-0.2, -0.15) is 0 Å². The molecule has 112 valence electrons. The fourth-order valence-electron chi connectivity index (χ4n) is 2.39. The third kappa shape index (κ3) is 2.66. The third-order valence-corrected chi connectivity index (χ3v) is 4.48. The molecule has 0 aliphatic heterocycles. The second kappa shape index (κ2) is 5.61. The lowest BCUT2D eigenvalue weighted by molar-refractivity contribution is 0.590. The Morgan fingerprint density at radius 3 is 2.00 bits per heavy atom. The molecule has 4 heteroatoms. The minimum atomic E-state index is -0.683. The van der Waals surface area contributed by atoms with Gasteiger partial charge in [0.1, 0.15) is 17.5 Å². The summed E-state index contributed by atoms with van der Waals surface area (Å²) in [6.45, 7) is 3.64. The summed E-state index contributed by atoms with van der Waals surface area (Å²) in [5.74, 6) is -1.85. The van der Waals surface area contributed by atoms with Crippen molar-refractivity contribution >= 4 is 11.3 Å². The van der Waals surface area contributed by atoms with E-state index in [2.05, 4.69) is 0 Å². The predicted molar refractivity (Wildman–Crippen MR) is 84.5 cm³/mol. The van der Waals surface area contributed by atoms with Crippen LogP contribution in [0.5, 0.6) is 0 Å². The van der Waals surface area contributed by atoms with E-state index in [9.17, 15) is 13.2 Å². The molecule has 0 saturated heterocycles. The summed E-state index contributed by atoms with van der Waals surface area (Å²) in [6, 6.07) is 10.5. The van der Waals surface area contributed by atoms with Gasteiger partial charge in [-0.05, 0) is 55.3 Å². The Labute approximate surface area is 130 Å². The maximum atomic E-state index is 14.3. The van der Waals surface area contributed by atoms with E-state index in [1.54, 1.807) is 19.1 Å². The lowest BCUT2D eigenvalue weighted by Crippen LogP contribution is -1.93. The van der Waals surface area contributed by atoms with Gasteiger partial charge in [0.15, 0.2) is 0 Å². The highest BCUT2D eigenvalue weighted by molar-refractivity contribution is 7.15. The van der Waals surface area contributed by atoms with Gasteiger partial charge in [-0.1, -0.05) is 12.1 Å². The highest BCUT2D eigenvalue weighted by Gasteiger charge is 2.17. The maximum absolute atomic E-state index is 14.3. The van der Waals surface area contributed by atoms with E-state index in [-0.39, 0.29) is 16.7 Å². The van der Waals surface area contributed by atoms with Crippen LogP contribution in [-0.2, 0) is 0 Å². The van der Waals surface area contributed by atoms with Crippen molar-refractivity contribution in [1.82, 2.24) is 0 Å². The average molecular weight is 318 g/mol. The molecule has 0 radical (unpaired) electrons. The SMILES string of the molecule is Cc1ccc(-c2cc(F)c(-c3ccc(C)s3)c(F)c2)c(F)c1. The summed E-state index contributed by atoms with van der Waals surface area (Å²) in [6.07, 6.45) is 0. The van der Waals surface area contributed by atoms with E-state index in [4.69, 9.17) is 0 Å². The van der Waals surface area contributed by atoms with Gasteiger partial charge < -0.3 is 0 Å². The molecule has 2 aromatic carbocycles. The van der Waals surface area contributed by atoms with Crippen molar-refractivity contribution in [3.8, 4) is 21.6 Å². The average Bonchev–Trinajstić information content (AvgIpc) is 2.84. The molecule has 0 amide bonds. The van der Waals surface area contributed by atoms with Crippen molar-refractivity contribution in [2.45, 2.75) is 13.8 Å². The van der Waals surface area contributed by atoms with Gasteiger partial charge in [-0.25, -0.2) is 13.2 Å². The number of halogens is 3. The first-order valence-electron chi connectivity index (χ1n) is 6.78. The number of hydrogen-bond donors (Lipinski definition) is 0. The number of aryl methyl sites for hydroxylation is 2. The fraction of sp³-hybridized carbons (Fsp3) is 0.111. The van der Waals surface area contributed by atoms with Crippen LogP contribution in [0.2, 0.25) is 0 Å². The fourth-order valence-corrected chi connectivity index (χ4v) is 3.30. The van der Waals surface area contributed by atoms with Crippen molar-refractivity contribution in [1.29, 1.82) is 0 Å². The molecule has 0 bridgehead atoms. The molecule has 0 saturated carbocycles. The molecule has 0 aliphatic rings. The van der Waals surface area contributed by atoms with Crippen molar-refractivity contribution in [2.24, 2.45) is 0 Å². The second-order valence-electron chi connectivity index (χ2n) is 5.21. The van der Waals surface area contributed by atoms with E-state index >= 15 is 0 Å². The lowest BCUT2D eigenvalue weighted by Gasteiger charge is -2.08. The molecule has 0 nitrogen and oxygen atoms in total. The standard InChI is InChI=1S/C18H13F3S/c1-10-3-5-13(14(19)7-10)12-8-15(20)18(16(21)9-12)17-6-4-11(2)22-17/h3-9H,1-2H3. The largest absolute Gasteiger partial charge is 0.206 e. The molecule has 1 aromatic heterocycles. The highest BCUT2D eigenvalue weighted by Crippen LogP contribution is 2.35. The molecule has 0 fully saturated rings. The van der Waals surface area contributed by atoms with Gasteiger partial charge in [-0.15, -0.1) is 11.3 Å². The third-order valence-electron chi connectivity index (χ3n) is 3.46. The van der Waals surface area contributed by atoms with E-state index in [0.29, 0.717) is 4.88 Å². The van der Waals surface area contributed by atoms with Gasteiger partial charge in [0.05, 0.1) is 5.56 Å². The Balaban J connectivity index is 2.13. The smallest absolute Gasteiger partial charge is 0.135 e. The van der Waals surface area contributed by atoms with Crippen molar-refractivity contribution in [3.05, 3.63) is 70.4 Å². The van der Waals surface area contributed by atoms with Crippen LogP contribution >= 0.6 is 11.3 Å². The van der Waals surface area contributed by atoms with Crippen molar-refractivity contribution in [3.63, 3.8) is 0 Å². The number of thiophene rings is 1. The topological polar surface area (TPSA) is 0 Å². The molecule has 1 heterocycles. The zero-order valence-corrected chi connectivity index (χ0v) is 12.9. The molecule has 22 heavy (non-hydrogen) atoms. The quantitative estimate of drug-likeness (QED) is 0.534. The molecule has 0 N–H and O–H groups in total. The van der Waals surface area contributed by atoms with Crippen LogP contribution in [0, 0.1) is 31.3 Å². The normalized spacial score (nSPS) is 11.0. The minimum Gasteiger partial charge on any atom is -0.206 e. The van der Waals surface area contributed by atoms with E-state index in [1.807, 2.05) is 13.0 Å². The zero-order valence-electron chi connectivity index (χ0n) is 12.1. The Morgan fingerprint density at radius 2 is 1.45 bits per heavy atom. The van der Waals surface area contributed by atoms with Crippen LogP contribution in [0.15, 0.2) is 42.5 Å².